The summed E-state index contributed by atoms with van der Waals surface area (Å²) in [6, 6.07) is 15.4. The molecule has 2 aromatic rings. The Morgan fingerprint density at radius 2 is 1.66 bits per heavy atom. The maximum atomic E-state index is 13.4. The number of hydrogen-bond donors (Lipinski definition) is 0. The van der Waals surface area contributed by atoms with Crippen LogP contribution in [0.15, 0.2) is 48.5 Å². The maximum Gasteiger partial charge on any atom is 0.263 e. The lowest BCUT2D eigenvalue weighted by atomic mass is 10.0. The van der Waals surface area contributed by atoms with Gasteiger partial charge in [-0.15, -0.1) is 0 Å². The fraction of sp³-hybridized carbons (Fsp3) is 0.480. The van der Waals surface area contributed by atoms with E-state index in [9.17, 15) is 13.2 Å². The summed E-state index contributed by atoms with van der Waals surface area (Å²) in [5, 5.41) is 0. The SMILES string of the molecule is CC(Oc1ccc(C(C)C)cc1)C(=O)N(Cc1ccc(N(C)C)cc1)C1CCS(=O)(=O)C1. The Labute approximate surface area is 192 Å². The minimum Gasteiger partial charge on any atom is -0.481 e. The molecule has 1 aliphatic heterocycles. The highest BCUT2D eigenvalue weighted by Gasteiger charge is 2.36. The summed E-state index contributed by atoms with van der Waals surface area (Å²) in [5.74, 6) is 0.972. The number of anilines is 1. The Morgan fingerprint density at radius 1 is 1.03 bits per heavy atom. The monoisotopic (exact) mass is 458 g/mol. The van der Waals surface area contributed by atoms with Crippen molar-refractivity contribution in [3.05, 3.63) is 59.7 Å². The van der Waals surface area contributed by atoms with Crippen molar-refractivity contribution in [1.29, 1.82) is 0 Å². The van der Waals surface area contributed by atoms with Gasteiger partial charge >= 0.3 is 0 Å². The van der Waals surface area contributed by atoms with Gasteiger partial charge in [0.1, 0.15) is 5.75 Å². The van der Waals surface area contributed by atoms with Crippen LogP contribution in [0.2, 0.25) is 0 Å². The van der Waals surface area contributed by atoms with Crippen molar-refractivity contribution in [2.45, 2.75) is 51.8 Å². The van der Waals surface area contributed by atoms with Crippen LogP contribution < -0.4 is 9.64 Å². The quantitative estimate of drug-likeness (QED) is 0.601. The molecule has 174 valence electrons. The molecule has 0 aromatic heterocycles. The molecule has 0 aliphatic carbocycles. The van der Waals surface area contributed by atoms with Crippen LogP contribution in [0.25, 0.3) is 0 Å². The summed E-state index contributed by atoms with van der Waals surface area (Å²) in [7, 11) is 0.823. The van der Waals surface area contributed by atoms with E-state index in [4.69, 9.17) is 4.74 Å². The van der Waals surface area contributed by atoms with E-state index < -0.39 is 15.9 Å². The van der Waals surface area contributed by atoms with E-state index in [-0.39, 0.29) is 23.5 Å². The van der Waals surface area contributed by atoms with Crippen LogP contribution in [0.4, 0.5) is 5.69 Å². The van der Waals surface area contributed by atoms with Gasteiger partial charge in [0, 0.05) is 32.4 Å². The van der Waals surface area contributed by atoms with Gasteiger partial charge in [0.25, 0.3) is 5.91 Å². The van der Waals surface area contributed by atoms with E-state index in [0.29, 0.717) is 24.6 Å². The number of carbonyl (C=O) groups excluding carboxylic acids is 1. The van der Waals surface area contributed by atoms with Crippen molar-refractivity contribution in [3.63, 3.8) is 0 Å². The number of ether oxygens (including phenoxy) is 1. The molecule has 2 unspecified atom stereocenters. The van der Waals surface area contributed by atoms with Crippen molar-refractivity contribution in [3.8, 4) is 5.75 Å². The first-order valence-electron chi connectivity index (χ1n) is 11.1. The highest BCUT2D eigenvalue weighted by Crippen LogP contribution is 2.24. The summed E-state index contributed by atoms with van der Waals surface area (Å²) in [6.07, 6.45) is -0.260. The Morgan fingerprint density at radius 3 is 2.16 bits per heavy atom. The molecule has 0 radical (unpaired) electrons. The summed E-state index contributed by atoms with van der Waals surface area (Å²) in [5.41, 5.74) is 3.23. The summed E-state index contributed by atoms with van der Waals surface area (Å²) < 4.78 is 30.2. The third kappa shape index (κ3) is 6.03. The predicted molar refractivity (Wildman–Crippen MR) is 129 cm³/mol. The zero-order valence-corrected chi connectivity index (χ0v) is 20.4. The molecule has 1 heterocycles. The van der Waals surface area contributed by atoms with E-state index in [1.165, 1.54) is 5.56 Å². The van der Waals surface area contributed by atoms with E-state index >= 15 is 0 Å². The normalized spacial score (nSPS) is 18.4. The predicted octanol–water partition coefficient (Wildman–Crippen LogP) is 3.86. The van der Waals surface area contributed by atoms with E-state index in [0.717, 1.165) is 11.3 Å². The number of hydrogen-bond acceptors (Lipinski definition) is 5. The van der Waals surface area contributed by atoms with Crippen molar-refractivity contribution >= 4 is 21.4 Å². The minimum atomic E-state index is -3.12. The molecule has 0 spiro atoms. The summed E-state index contributed by atoms with van der Waals surface area (Å²) in [6.45, 7) is 6.33. The van der Waals surface area contributed by atoms with Crippen LogP contribution >= 0.6 is 0 Å². The molecule has 2 aromatic carbocycles. The Kier molecular flexibility index (Phi) is 7.49. The molecule has 0 N–H and O–H groups in total. The Balaban J connectivity index is 1.77. The van der Waals surface area contributed by atoms with Crippen LogP contribution in [-0.4, -0.2) is 57.0 Å². The molecule has 0 saturated carbocycles. The van der Waals surface area contributed by atoms with E-state index in [2.05, 4.69) is 13.8 Å². The average Bonchev–Trinajstić information content (AvgIpc) is 3.11. The highest BCUT2D eigenvalue weighted by atomic mass is 32.2. The lowest BCUT2D eigenvalue weighted by Crippen LogP contribution is -2.46. The molecule has 1 saturated heterocycles. The van der Waals surface area contributed by atoms with Crippen LogP contribution in [0, 0.1) is 0 Å². The van der Waals surface area contributed by atoms with Crippen LogP contribution in [0.1, 0.15) is 44.2 Å². The van der Waals surface area contributed by atoms with Gasteiger partial charge in [-0.2, -0.15) is 0 Å². The summed E-state index contributed by atoms with van der Waals surface area (Å²) >= 11 is 0. The number of benzene rings is 2. The zero-order chi connectivity index (χ0) is 23.5. The van der Waals surface area contributed by atoms with Crippen molar-refractivity contribution in [2.75, 3.05) is 30.5 Å². The van der Waals surface area contributed by atoms with Gasteiger partial charge < -0.3 is 14.5 Å². The molecule has 7 heteroatoms. The standard InChI is InChI=1S/C25H34N2O4S/c1-18(2)21-8-12-24(13-9-21)31-19(3)25(28)27(23-14-15-32(29,30)17-23)16-20-6-10-22(11-7-20)26(4)5/h6-13,18-19,23H,14-17H2,1-5H3. The van der Waals surface area contributed by atoms with Gasteiger partial charge in [-0.3, -0.25) is 4.79 Å². The van der Waals surface area contributed by atoms with Gasteiger partial charge in [-0.05, 0) is 54.7 Å². The molecule has 1 amide bonds. The molecule has 3 rings (SSSR count). The smallest absolute Gasteiger partial charge is 0.263 e. The van der Waals surface area contributed by atoms with Gasteiger partial charge in [0.2, 0.25) is 0 Å². The number of rotatable bonds is 8. The van der Waals surface area contributed by atoms with Gasteiger partial charge in [-0.1, -0.05) is 38.1 Å². The second-order valence-corrected chi connectivity index (χ2v) is 11.3. The van der Waals surface area contributed by atoms with Crippen LogP contribution in [0.3, 0.4) is 0 Å². The number of nitrogens with zero attached hydrogens (tertiary/aromatic N) is 2. The number of amides is 1. The van der Waals surface area contributed by atoms with E-state index in [1.54, 1.807) is 11.8 Å². The maximum absolute atomic E-state index is 13.4. The fourth-order valence-corrected chi connectivity index (χ4v) is 5.65. The molecular formula is C25H34N2O4S. The van der Waals surface area contributed by atoms with Gasteiger partial charge in [0.05, 0.1) is 11.5 Å². The fourth-order valence-electron chi connectivity index (χ4n) is 3.92. The Bertz CT molecular complexity index is 1010. The third-order valence-electron chi connectivity index (χ3n) is 5.95. The molecule has 6 nitrogen and oxygen atoms in total. The average molecular weight is 459 g/mol. The second-order valence-electron chi connectivity index (χ2n) is 9.07. The number of carbonyl (C=O) groups is 1. The molecule has 32 heavy (non-hydrogen) atoms. The molecule has 0 bridgehead atoms. The second kappa shape index (κ2) is 9.94. The van der Waals surface area contributed by atoms with Crippen molar-refractivity contribution < 1.29 is 17.9 Å². The van der Waals surface area contributed by atoms with Gasteiger partial charge in [-0.25, -0.2) is 8.42 Å². The highest BCUT2D eigenvalue weighted by molar-refractivity contribution is 7.91. The molecule has 1 aliphatic rings. The minimum absolute atomic E-state index is 0.00429. The number of sulfone groups is 1. The molecule has 2 atom stereocenters. The lowest BCUT2D eigenvalue weighted by Gasteiger charge is -2.31. The first kappa shape index (κ1) is 24.1. The largest absolute Gasteiger partial charge is 0.481 e. The van der Waals surface area contributed by atoms with E-state index in [1.807, 2.05) is 67.5 Å². The Hall–Kier alpha value is -2.54. The molecular weight excluding hydrogens is 424 g/mol. The van der Waals surface area contributed by atoms with Gasteiger partial charge in [0.15, 0.2) is 15.9 Å². The first-order valence-corrected chi connectivity index (χ1v) is 12.9. The lowest BCUT2D eigenvalue weighted by molar-refractivity contribution is -0.140. The first-order chi connectivity index (χ1) is 15.1. The van der Waals surface area contributed by atoms with Crippen molar-refractivity contribution in [2.24, 2.45) is 0 Å². The van der Waals surface area contributed by atoms with Crippen LogP contribution in [0.5, 0.6) is 5.75 Å². The van der Waals surface area contributed by atoms with Crippen molar-refractivity contribution in [1.82, 2.24) is 4.90 Å². The topological polar surface area (TPSA) is 66.9 Å². The third-order valence-corrected chi connectivity index (χ3v) is 7.70. The summed E-state index contributed by atoms with van der Waals surface area (Å²) in [4.78, 5) is 17.1. The molecule has 1 fully saturated rings. The zero-order valence-electron chi connectivity index (χ0n) is 19.6. The van der Waals surface area contributed by atoms with Crippen LogP contribution in [-0.2, 0) is 21.2 Å².